The Hall–Kier alpha value is -2.16. The highest BCUT2D eigenvalue weighted by Gasteiger charge is 2.01. The molecule has 2 heterocycles. The molecule has 7 heteroatoms. The van der Waals surface area contributed by atoms with Gasteiger partial charge in [-0.05, 0) is 30.2 Å². The van der Waals surface area contributed by atoms with Crippen LogP contribution in [0.4, 0.5) is 5.69 Å². The summed E-state index contributed by atoms with van der Waals surface area (Å²) in [4.78, 5) is 8.57. The molecule has 0 radical (unpaired) electrons. The van der Waals surface area contributed by atoms with Crippen molar-refractivity contribution in [2.75, 3.05) is 5.32 Å². The summed E-state index contributed by atoms with van der Waals surface area (Å²) in [6.07, 6.45) is 4.48. The second-order valence-electron chi connectivity index (χ2n) is 4.91. The number of benzene rings is 1. The van der Waals surface area contributed by atoms with Gasteiger partial charge in [0, 0.05) is 18.0 Å². The molecular formula is C16H19IN6. The lowest BCUT2D eigenvalue weighted by atomic mass is 10.1. The van der Waals surface area contributed by atoms with Gasteiger partial charge < -0.3 is 11.1 Å². The number of aliphatic imine (C=N–C) groups is 1. The highest BCUT2D eigenvalue weighted by Crippen LogP contribution is 2.10. The molecule has 0 aliphatic rings. The molecule has 3 N–H and O–H groups in total. The third-order valence-electron chi connectivity index (χ3n) is 3.41. The number of hydrogen-bond donors (Lipinski definition) is 2. The van der Waals surface area contributed by atoms with E-state index in [1.807, 2.05) is 24.3 Å². The van der Waals surface area contributed by atoms with E-state index >= 15 is 0 Å². The molecule has 0 aliphatic heterocycles. The minimum absolute atomic E-state index is 0. The van der Waals surface area contributed by atoms with E-state index in [1.165, 1.54) is 5.56 Å². The Labute approximate surface area is 151 Å². The summed E-state index contributed by atoms with van der Waals surface area (Å²) in [5.74, 6) is 0.376. The SMILES string of the molecule is CCc1ccc(NC(N)=NCc2ccnc3ccnn23)cc1.I. The highest BCUT2D eigenvalue weighted by molar-refractivity contribution is 14.0. The van der Waals surface area contributed by atoms with Gasteiger partial charge in [0.15, 0.2) is 11.6 Å². The van der Waals surface area contributed by atoms with Gasteiger partial charge in [-0.3, -0.25) is 0 Å². The lowest BCUT2D eigenvalue weighted by Gasteiger charge is -2.07. The van der Waals surface area contributed by atoms with E-state index < -0.39 is 0 Å². The fourth-order valence-corrected chi connectivity index (χ4v) is 2.18. The Balaban J connectivity index is 0.00000192. The van der Waals surface area contributed by atoms with E-state index in [0.717, 1.165) is 23.4 Å². The molecule has 0 spiro atoms. The Morgan fingerprint density at radius 1 is 1.17 bits per heavy atom. The zero-order chi connectivity index (χ0) is 15.4. The van der Waals surface area contributed by atoms with Gasteiger partial charge in [-0.2, -0.15) is 5.10 Å². The second-order valence-corrected chi connectivity index (χ2v) is 4.91. The summed E-state index contributed by atoms with van der Waals surface area (Å²) in [5, 5.41) is 7.31. The van der Waals surface area contributed by atoms with Crippen molar-refractivity contribution in [1.82, 2.24) is 14.6 Å². The molecule has 0 atom stereocenters. The molecule has 0 bridgehead atoms. The molecule has 6 nitrogen and oxygen atoms in total. The van der Waals surface area contributed by atoms with Crippen molar-refractivity contribution in [2.45, 2.75) is 19.9 Å². The van der Waals surface area contributed by atoms with Gasteiger partial charge in [-0.25, -0.2) is 14.5 Å². The summed E-state index contributed by atoms with van der Waals surface area (Å²) in [7, 11) is 0. The number of hydrogen-bond acceptors (Lipinski definition) is 3. The maximum atomic E-state index is 5.94. The van der Waals surface area contributed by atoms with Gasteiger partial charge in [-0.1, -0.05) is 19.1 Å². The zero-order valence-electron chi connectivity index (χ0n) is 12.8. The predicted molar refractivity (Wildman–Crippen MR) is 103 cm³/mol. The van der Waals surface area contributed by atoms with Gasteiger partial charge in [0.2, 0.25) is 0 Å². The van der Waals surface area contributed by atoms with Crippen molar-refractivity contribution in [2.24, 2.45) is 10.7 Å². The molecular weight excluding hydrogens is 403 g/mol. The zero-order valence-corrected chi connectivity index (χ0v) is 15.1. The smallest absolute Gasteiger partial charge is 0.193 e. The molecule has 3 rings (SSSR count). The normalized spacial score (nSPS) is 11.3. The van der Waals surface area contributed by atoms with E-state index in [1.54, 1.807) is 16.9 Å². The number of guanidine groups is 1. The van der Waals surface area contributed by atoms with Crippen LogP contribution in [-0.2, 0) is 13.0 Å². The average Bonchev–Trinajstić information content (AvgIpc) is 3.03. The number of nitrogens with zero attached hydrogens (tertiary/aromatic N) is 4. The van der Waals surface area contributed by atoms with E-state index in [9.17, 15) is 0 Å². The second kappa shape index (κ2) is 7.91. The summed E-state index contributed by atoms with van der Waals surface area (Å²) >= 11 is 0. The predicted octanol–water partition coefficient (Wildman–Crippen LogP) is 2.84. The van der Waals surface area contributed by atoms with Crippen LogP contribution in [-0.4, -0.2) is 20.6 Å². The topological polar surface area (TPSA) is 80.6 Å². The molecule has 0 saturated carbocycles. The third-order valence-corrected chi connectivity index (χ3v) is 3.41. The lowest BCUT2D eigenvalue weighted by Crippen LogP contribution is -2.22. The van der Waals surface area contributed by atoms with Crippen LogP contribution in [0.15, 0.2) is 53.8 Å². The standard InChI is InChI=1S/C16H18N6.HI/c1-2-12-3-5-13(6-4-12)21-16(17)19-11-14-7-9-18-15-8-10-20-22(14)15;/h3-10H,2,11H2,1H3,(H3,17,19,21);1H. The molecule has 0 saturated heterocycles. The number of aromatic nitrogens is 3. The fraction of sp³-hybridized carbons (Fsp3) is 0.188. The van der Waals surface area contributed by atoms with Crippen LogP contribution in [0.1, 0.15) is 18.2 Å². The van der Waals surface area contributed by atoms with Gasteiger partial charge in [0.1, 0.15) is 0 Å². The molecule has 0 aliphatic carbocycles. The van der Waals surface area contributed by atoms with Crippen LogP contribution in [0.25, 0.3) is 5.65 Å². The molecule has 3 aromatic rings. The van der Waals surface area contributed by atoms with Crippen LogP contribution in [0.3, 0.4) is 0 Å². The number of aryl methyl sites for hydroxylation is 1. The maximum Gasteiger partial charge on any atom is 0.193 e. The van der Waals surface area contributed by atoms with Crippen LogP contribution in [0.5, 0.6) is 0 Å². The van der Waals surface area contributed by atoms with Crippen LogP contribution in [0.2, 0.25) is 0 Å². The summed E-state index contributed by atoms with van der Waals surface area (Å²) in [6, 6.07) is 11.9. The molecule has 2 aromatic heterocycles. The van der Waals surface area contributed by atoms with Crippen molar-refractivity contribution >= 4 is 41.3 Å². The highest BCUT2D eigenvalue weighted by atomic mass is 127. The molecule has 1 aromatic carbocycles. The van der Waals surface area contributed by atoms with Gasteiger partial charge in [0.25, 0.3) is 0 Å². The molecule has 0 unspecified atom stereocenters. The average molecular weight is 422 g/mol. The van der Waals surface area contributed by atoms with Crippen molar-refractivity contribution in [3.8, 4) is 0 Å². The first-order chi connectivity index (χ1) is 10.8. The third kappa shape index (κ3) is 4.19. The number of nitrogens with one attached hydrogen (secondary N) is 1. The first-order valence-electron chi connectivity index (χ1n) is 7.20. The van der Waals surface area contributed by atoms with E-state index in [0.29, 0.717) is 12.5 Å². The number of anilines is 1. The number of nitrogens with two attached hydrogens (primary N) is 1. The Bertz CT molecular complexity index is 794. The molecule has 0 fully saturated rings. The maximum absolute atomic E-state index is 5.94. The summed E-state index contributed by atoms with van der Waals surface area (Å²) in [5.41, 5.74) is 9.89. The quantitative estimate of drug-likeness (QED) is 0.385. The van der Waals surface area contributed by atoms with Crippen LogP contribution < -0.4 is 11.1 Å². The van der Waals surface area contributed by atoms with E-state index in [2.05, 4.69) is 39.4 Å². The van der Waals surface area contributed by atoms with Crippen LogP contribution in [0, 0.1) is 0 Å². The monoisotopic (exact) mass is 422 g/mol. The van der Waals surface area contributed by atoms with Crippen molar-refractivity contribution in [3.05, 3.63) is 60.0 Å². The van der Waals surface area contributed by atoms with Gasteiger partial charge in [-0.15, -0.1) is 24.0 Å². The first kappa shape index (κ1) is 17.2. The van der Waals surface area contributed by atoms with Crippen molar-refractivity contribution in [3.63, 3.8) is 0 Å². The lowest BCUT2D eigenvalue weighted by molar-refractivity contribution is 0.835. The molecule has 120 valence electrons. The van der Waals surface area contributed by atoms with Crippen molar-refractivity contribution in [1.29, 1.82) is 0 Å². The largest absolute Gasteiger partial charge is 0.370 e. The molecule has 0 amide bonds. The van der Waals surface area contributed by atoms with Gasteiger partial charge in [0.05, 0.1) is 18.4 Å². The summed E-state index contributed by atoms with van der Waals surface area (Å²) < 4.78 is 1.76. The van der Waals surface area contributed by atoms with E-state index in [-0.39, 0.29) is 24.0 Å². The number of halogens is 1. The van der Waals surface area contributed by atoms with Crippen molar-refractivity contribution < 1.29 is 0 Å². The first-order valence-corrected chi connectivity index (χ1v) is 7.20. The fourth-order valence-electron chi connectivity index (χ4n) is 2.18. The number of rotatable bonds is 4. The van der Waals surface area contributed by atoms with Gasteiger partial charge >= 0.3 is 0 Å². The Morgan fingerprint density at radius 2 is 1.96 bits per heavy atom. The number of fused-ring (bicyclic) bond motifs is 1. The van der Waals surface area contributed by atoms with E-state index in [4.69, 9.17) is 5.73 Å². The Morgan fingerprint density at radius 3 is 2.70 bits per heavy atom. The van der Waals surface area contributed by atoms with Crippen LogP contribution >= 0.6 is 24.0 Å². The summed E-state index contributed by atoms with van der Waals surface area (Å²) in [6.45, 7) is 2.57. The molecule has 23 heavy (non-hydrogen) atoms. The Kier molecular flexibility index (Phi) is 5.91. The minimum atomic E-state index is 0. The minimum Gasteiger partial charge on any atom is -0.370 e.